The molecule has 1 aliphatic rings. The Balaban J connectivity index is 1.86. The van der Waals surface area contributed by atoms with E-state index < -0.39 is 0 Å². The maximum atomic E-state index is 12.6. The topological polar surface area (TPSA) is 32.3 Å². The molecule has 1 aliphatic heterocycles. The van der Waals surface area contributed by atoms with Crippen LogP contribution in [0.1, 0.15) is 23.2 Å². The molecule has 1 fully saturated rings. The van der Waals surface area contributed by atoms with E-state index in [9.17, 15) is 4.79 Å². The zero-order valence-corrected chi connectivity index (χ0v) is 14.9. The standard InChI is InChI=1S/C17H16ClIN2O/c18-12-7-8-14(19)13(11-12)17(22)20-15-5-1-2-6-16(15)21-9-3-4-10-21/h1-2,5-8,11H,3-4,9-10H2,(H,20,22). The largest absolute Gasteiger partial charge is 0.370 e. The van der Waals surface area contributed by atoms with E-state index >= 15 is 0 Å². The average molecular weight is 427 g/mol. The summed E-state index contributed by atoms with van der Waals surface area (Å²) < 4.78 is 0.887. The number of para-hydroxylation sites is 2. The summed E-state index contributed by atoms with van der Waals surface area (Å²) in [7, 11) is 0. The van der Waals surface area contributed by atoms with Crippen molar-refractivity contribution in [3.05, 3.63) is 56.6 Å². The van der Waals surface area contributed by atoms with Crippen LogP contribution in [0.4, 0.5) is 11.4 Å². The second kappa shape index (κ2) is 6.87. The van der Waals surface area contributed by atoms with Gasteiger partial charge in [0, 0.05) is 21.7 Å². The first-order chi connectivity index (χ1) is 10.6. The number of benzene rings is 2. The molecule has 0 unspecified atom stereocenters. The second-order valence-corrected chi connectivity index (χ2v) is 6.89. The van der Waals surface area contributed by atoms with Crippen LogP contribution in [0.5, 0.6) is 0 Å². The molecule has 1 heterocycles. The number of hydrogen-bond donors (Lipinski definition) is 1. The minimum atomic E-state index is -0.126. The molecule has 1 amide bonds. The van der Waals surface area contributed by atoms with Gasteiger partial charge < -0.3 is 10.2 Å². The molecule has 2 aromatic rings. The monoisotopic (exact) mass is 426 g/mol. The number of halogens is 2. The normalized spacial score (nSPS) is 14.2. The van der Waals surface area contributed by atoms with E-state index in [1.165, 1.54) is 12.8 Å². The highest BCUT2D eigenvalue weighted by atomic mass is 127. The molecule has 0 spiro atoms. The SMILES string of the molecule is O=C(Nc1ccccc1N1CCCC1)c1cc(Cl)ccc1I. The summed E-state index contributed by atoms with van der Waals surface area (Å²) in [6.07, 6.45) is 2.41. The van der Waals surface area contributed by atoms with Gasteiger partial charge in [0.1, 0.15) is 0 Å². The van der Waals surface area contributed by atoms with Gasteiger partial charge >= 0.3 is 0 Å². The zero-order chi connectivity index (χ0) is 15.5. The van der Waals surface area contributed by atoms with Gasteiger partial charge in [-0.1, -0.05) is 23.7 Å². The lowest BCUT2D eigenvalue weighted by Crippen LogP contribution is -2.21. The molecule has 0 atom stereocenters. The third kappa shape index (κ3) is 3.38. The summed E-state index contributed by atoms with van der Waals surface area (Å²) in [4.78, 5) is 14.9. The minimum absolute atomic E-state index is 0.126. The molecule has 1 N–H and O–H groups in total. The molecule has 114 valence electrons. The van der Waals surface area contributed by atoms with Crippen molar-refractivity contribution in [1.82, 2.24) is 0 Å². The molecular weight excluding hydrogens is 411 g/mol. The van der Waals surface area contributed by atoms with Crippen LogP contribution in [-0.4, -0.2) is 19.0 Å². The van der Waals surface area contributed by atoms with Gasteiger partial charge in [-0.15, -0.1) is 0 Å². The van der Waals surface area contributed by atoms with Crippen molar-refractivity contribution >= 4 is 51.5 Å². The number of hydrogen-bond acceptors (Lipinski definition) is 2. The first-order valence-corrected chi connectivity index (χ1v) is 8.71. The minimum Gasteiger partial charge on any atom is -0.370 e. The summed E-state index contributed by atoms with van der Waals surface area (Å²) in [5, 5.41) is 3.60. The third-order valence-electron chi connectivity index (χ3n) is 3.77. The number of carbonyl (C=O) groups is 1. The van der Waals surface area contributed by atoms with E-state index in [-0.39, 0.29) is 5.91 Å². The molecule has 5 heteroatoms. The molecule has 3 nitrogen and oxygen atoms in total. The molecule has 1 saturated heterocycles. The molecule has 22 heavy (non-hydrogen) atoms. The Bertz CT molecular complexity index is 699. The molecule has 2 aromatic carbocycles. The lowest BCUT2D eigenvalue weighted by molar-refractivity contribution is 0.102. The fourth-order valence-corrected chi connectivity index (χ4v) is 3.43. The van der Waals surface area contributed by atoms with Gasteiger partial charge in [0.15, 0.2) is 0 Å². The van der Waals surface area contributed by atoms with Crippen LogP contribution >= 0.6 is 34.2 Å². The van der Waals surface area contributed by atoms with E-state index in [0.29, 0.717) is 10.6 Å². The highest BCUT2D eigenvalue weighted by molar-refractivity contribution is 14.1. The fourth-order valence-electron chi connectivity index (χ4n) is 2.67. The quantitative estimate of drug-likeness (QED) is 0.715. The first-order valence-electron chi connectivity index (χ1n) is 7.25. The van der Waals surface area contributed by atoms with Gasteiger partial charge in [-0.2, -0.15) is 0 Å². The Morgan fingerprint density at radius 2 is 1.86 bits per heavy atom. The molecule has 0 aliphatic carbocycles. The highest BCUT2D eigenvalue weighted by Gasteiger charge is 2.18. The van der Waals surface area contributed by atoms with Gasteiger partial charge in [-0.3, -0.25) is 4.79 Å². The van der Waals surface area contributed by atoms with Gasteiger partial charge in [0.25, 0.3) is 5.91 Å². The number of amides is 1. The molecule has 0 bridgehead atoms. The first kappa shape index (κ1) is 15.6. The predicted octanol–water partition coefficient (Wildman–Crippen LogP) is 4.80. The smallest absolute Gasteiger partial charge is 0.256 e. The van der Waals surface area contributed by atoms with Crippen LogP contribution in [0.3, 0.4) is 0 Å². The van der Waals surface area contributed by atoms with Crippen molar-refractivity contribution in [3.63, 3.8) is 0 Å². The highest BCUT2D eigenvalue weighted by Crippen LogP contribution is 2.29. The Labute approximate surface area is 148 Å². The van der Waals surface area contributed by atoms with Crippen LogP contribution in [-0.2, 0) is 0 Å². The van der Waals surface area contributed by atoms with Crippen LogP contribution < -0.4 is 10.2 Å². The van der Waals surface area contributed by atoms with E-state index in [2.05, 4.69) is 38.9 Å². The lowest BCUT2D eigenvalue weighted by Gasteiger charge is -2.21. The van der Waals surface area contributed by atoms with Crippen molar-refractivity contribution in [2.24, 2.45) is 0 Å². The van der Waals surface area contributed by atoms with E-state index in [0.717, 1.165) is 28.0 Å². The number of anilines is 2. The lowest BCUT2D eigenvalue weighted by atomic mass is 10.2. The Kier molecular flexibility index (Phi) is 4.88. The number of nitrogens with zero attached hydrogens (tertiary/aromatic N) is 1. The van der Waals surface area contributed by atoms with Crippen molar-refractivity contribution in [3.8, 4) is 0 Å². The summed E-state index contributed by atoms with van der Waals surface area (Å²) in [5.41, 5.74) is 2.54. The maximum Gasteiger partial charge on any atom is 0.256 e. The summed E-state index contributed by atoms with van der Waals surface area (Å²) in [6, 6.07) is 13.3. The van der Waals surface area contributed by atoms with E-state index in [4.69, 9.17) is 11.6 Å². The average Bonchev–Trinajstić information content (AvgIpc) is 3.04. The Morgan fingerprint density at radius 1 is 1.14 bits per heavy atom. The van der Waals surface area contributed by atoms with Gasteiger partial charge in [-0.25, -0.2) is 0 Å². The summed E-state index contributed by atoms with van der Waals surface area (Å²) in [6.45, 7) is 2.09. The summed E-state index contributed by atoms with van der Waals surface area (Å²) in [5.74, 6) is -0.126. The van der Waals surface area contributed by atoms with Gasteiger partial charge in [-0.05, 0) is 65.8 Å². The number of rotatable bonds is 3. The Hall–Kier alpha value is -1.27. The van der Waals surface area contributed by atoms with Crippen LogP contribution in [0.15, 0.2) is 42.5 Å². The molecule has 0 radical (unpaired) electrons. The maximum absolute atomic E-state index is 12.6. The second-order valence-electron chi connectivity index (χ2n) is 5.29. The number of nitrogens with one attached hydrogen (secondary N) is 1. The van der Waals surface area contributed by atoms with Crippen LogP contribution in [0.25, 0.3) is 0 Å². The summed E-state index contributed by atoms with van der Waals surface area (Å²) >= 11 is 8.16. The van der Waals surface area contributed by atoms with Crippen molar-refractivity contribution in [2.75, 3.05) is 23.3 Å². The van der Waals surface area contributed by atoms with E-state index in [1.54, 1.807) is 12.1 Å². The molecule has 3 rings (SSSR count). The van der Waals surface area contributed by atoms with Crippen LogP contribution in [0.2, 0.25) is 5.02 Å². The fraction of sp³-hybridized carbons (Fsp3) is 0.235. The van der Waals surface area contributed by atoms with Gasteiger partial charge in [0.05, 0.1) is 16.9 Å². The molecular formula is C17H16ClIN2O. The molecule has 0 aromatic heterocycles. The third-order valence-corrected chi connectivity index (χ3v) is 4.95. The predicted molar refractivity (Wildman–Crippen MR) is 100 cm³/mol. The zero-order valence-electron chi connectivity index (χ0n) is 12.0. The molecule has 0 saturated carbocycles. The van der Waals surface area contributed by atoms with Crippen molar-refractivity contribution < 1.29 is 4.79 Å². The van der Waals surface area contributed by atoms with Crippen LogP contribution in [0, 0.1) is 3.57 Å². The number of carbonyl (C=O) groups excluding carboxylic acids is 1. The van der Waals surface area contributed by atoms with Crippen molar-refractivity contribution in [2.45, 2.75) is 12.8 Å². The van der Waals surface area contributed by atoms with E-state index in [1.807, 2.05) is 24.3 Å². The Morgan fingerprint density at radius 3 is 2.64 bits per heavy atom. The van der Waals surface area contributed by atoms with Crippen molar-refractivity contribution in [1.29, 1.82) is 0 Å². The van der Waals surface area contributed by atoms with Gasteiger partial charge in [0.2, 0.25) is 0 Å².